The van der Waals surface area contributed by atoms with Crippen molar-refractivity contribution in [1.82, 2.24) is 5.32 Å². The van der Waals surface area contributed by atoms with Gasteiger partial charge in [-0.05, 0) is 30.9 Å². The van der Waals surface area contributed by atoms with Gasteiger partial charge in [0.2, 0.25) is 10.0 Å². The Morgan fingerprint density at radius 3 is 2.57 bits per heavy atom. The Kier molecular flexibility index (Phi) is 4.58. The van der Waals surface area contributed by atoms with Crippen LogP contribution in [0.4, 0.5) is 8.78 Å². The third-order valence-corrected chi connectivity index (χ3v) is 4.24. The van der Waals surface area contributed by atoms with Gasteiger partial charge in [0.05, 0.1) is 5.56 Å². The van der Waals surface area contributed by atoms with Crippen molar-refractivity contribution in [3.63, 3.8) is 0 Å². The highest BCUT2D eigenvalue weighted by Gasteiger charge is 2.23. The lowest BCUT2D eigenvalue weighted by atomic mass is 10.1. The average molecular weight is 318 g/mol. The summed E-state index contributed by atoms with van der Waals surface area (Å²) in [5.41, 5.74) is -0.662. The first-order valence-corrected chi connectivity index (χ1v) is 8.13. The largest absolute Gasteiger partial charge is 0.352 e. The second-order valence-electron chi connectivity index (χ2n) is 5.15. The van der Waals surface area contributed by atoms with Crippen molar-refractivity contribution >= 4 is 15.9 Å². The number of halogens is 2. The van der Waals surface area contributed by atoms with Gasteiger partial charge in [0, 0.05) is 6.54 Å². The van der Waals surface area contributed by atoms with Gasteiger partial charge in [-0.1, -0.05) is 12.8 Å². The van der Waals surface area contributed by atoms with Gasteiger partial charge in [-0.15, -0.1) is 0 Å². The normalized spacial score (nSPS) is 15.0. The molecule has 1 aromatic rings. The molecule has 5 nitrogen and oxygen atoms in total. The van der Waals surface area contributed by atoms with E-state index in [-0.39, 0.29) is 0 Å². The number of nitrogens with one attached hydrogen (secondary N) is 1. The molecule has 1 amide bonds. The molecule has 1 aliphatic rings. The van der Waals surface area contributed by atoms with Crippen molar-refractivity contribution in [1.29, 1.82) is 0 Å². The average Bonchev–Trinajstić information content (AvgIpc) is 3.19. The molecule has 0 unspecified atom stereocenters. The van der Waals surface area contributed by atoms with E-state index in [1.807, 2.05) is 0 Å². The van der Waals surface area contributed by atoms with E-state index in [1.54, 1.807) is 0 Å². The zero-order valence-corrected chi connectivity index (χ0v) is 12.1. The summed E-state index contributed by atoms with van der Waals surface area (Å²) in [5, 5.41) is 7.24. The fourth-order valence-corrected chi connectivity index (χ4v) is 2.67. The highest BCUT2D eigenvalue weighted by molar-refractivity contribution is 7.89. The van der Waals surface area contributed by atoms with Crippen LogP contribution in [0, 0.1) is 17.6 Å². The van der Waals surface area contributed by atoms with Gasteiger partial charge in [-0.3, -0.25) is 4.79 Å². The van der Waals surface area contributed by atoms with Crippen LogP contribution in [-0.2, 0) is 10.0 Å². The summed E-state index contributed by atoms with van der Waals surface area (Å²) in [6.07, 6.45) is 4.12. The van der Waals surface area contributed by atoms with Gasteiger partial charge in [0.25, 0.3) is 5.91 Å². The summed E-state index contributed by atoms with van der Waals surface area (Å²) >= 11 is 0. The molecule has 3 N–H and O–H groups in total. The van der Waals surface area contributed by atoms with Crippen LogP contribution in [0.1, 0.15) is 36.0 Å². The van der Waals surface area contributed by atoms with E-state index < -0.39 is 38.0 Å². The van der Waals surface area contributed by atoms with Crippen LogP contribution in [0.2, 0.25) is 0 Å². The molecule has 1 saturated carbocycles. The van der Waals surface area contributed by atoms with Crippen LogP contribution in [0.3, 0.4) is 0 Å². The van der Waals surface area contributed by atoms with Gasteiger partial charge in [0.15, 0.2) is 5.82 Å². The van der Waals surface area contributed by atoms with Crippen molar-refractivity contribution in [3.05, 3.63) is 29.3 Å². The Morgan fingerprint density at radius 1 is 1.33 bits per heavy atom. The van der Waals surface area contributed by atoms with E-state index in [0.29, 0.717) is 24.6 Å². The van der Waals surface area contributed by atoms with Crippen molar-refractivity contribution in [2.45, 2.75) is 30.6 Å². The number of carbonyl (C=O) groups is 1. The third-order valence-electron chi connectivity index (χ3n) is 3.33. The van der Waals surface area contributed by atoms with Crippen molar-refractivity contribution in [2.24, 2.45) is 11.1 Å². The molecule has 1 fully saturated rings. The predicted octanol–water partition coefficient (Wildman–Crippen LogP) is 1.53. The maximum Gasteiger partial charge on any atom is 0.254 e. The van der Waals surface area contributed by atoms with Crippen molar-refractivity contribution < 1.29 is 22.0 Å². The predicted molar refractivity (Wildman–Crippen MR) is 72.0 cm³/mol. The number of amides is 1. The summed E-state index contributed by atoms with van der Waals surface area (Å²) < 4.78 is 49.6. The summed E-state index contributed by atoms with van der Waals surface area (Å²) in [6.45, 7) is 0.329. The van der Waals surface area contributed by atoms with Crippen LogP contribution >= 0.6 is 0 Å². The first-order chi connectivity index (χ1) is 9.79. The minimum Gasteiger partial charge on any atom is -0.352 e. The maximum absolute atomic E-state index is 14.0. The number of hydrogen-bond acceptors (Lipinski definition) is 3. The summed E-state index contributed by atoms with van der Waals surface area (Å²) in [6, 6.07) is 1.11. The minimum absolute atomic E-state index is 0.329. The van der Waals surface area contributed by atoms with Crippen LogP contribution in [0.25, 0.3) is 0 Å². The fraction of sp³-hybridized carbons (Fsp3) is 0.462. The first-order valence-electron chi connectivity index (χ1n) is 6.59. The number of carbonyl (C=O) groups excluding carboxylic acids is 1. The molecule has 116 valence electrons. The number of primary sulfonamides is 1. The monoisotopic (exact) mass is 318 g/mol. The van der Waals surface area contributed by atoms with Crippen molar-refractivity contribution in [3.8, 4) is 0 Å². The molecule has 1 aliphatic carbocycles. The molecule has 0 spiro atoms. The Labute approximate surface area is 121 Å². The Hall–Kier alpha value is -1.54. The topological polar surface area (TPSA) is 89.3 Å². The van der Waals surface area contributed by atoms with Gasteiger partial charge < -0.3 is 5.32 Å². The Morgan fingerprint density at radius 2 is 2.00 bits per heavy atom. The van der Waals surface area contributed by atoms with Crippen LogP contribution in [-0.4, -0.2) is 20.9 Å². The molecule has 0 aliphatic heterocycles. The molecule has 1 aromatic carbocycles. The highest BCUT2D eigenvalue weighted by atomic mass is 32.2. The molecular weight excluding hydrogens is 302 g/mol. The van der Waals surface area contributed by atoms with E-state index in [2.05, 4.69) is 5.32 Å². The van der Waals surface area contributed by atoms with Gasteiger partial charge >= 0.3 is 0 Å². The summed E-state index contributed by atoms with van der Waals surface area (Å²) in [5.74, 6) is -2.52. The van der Waals surface area contributed by atoms with Crippen LogP contribution in [0.5, 0.6) is 0 Å². The number of hydrogen-bond donors (Lipinski definition) is 2. The quantitative estimate of drug-likeness (QED) is 0.780. The first kappa shape index (κ1) is 15.8. The smallest absolute Gasteiger partial charge is 0.254 e. The second-order valence-corrected chi connectivity index (χ2v) is 6.68. The molecular formula is C13H16F2N2O3S. The lowest BCUT2D eigenvalue weighted by molar-refractivity contribution is 0.0947. The molecule has 0 bridgehead atoms. The zero-order chi connectivity index (χ0) is 15.6. The SMILES string of the molecule is NS(=O)(=O)c1cc(F)cc(C(=O)NCCCC2CC2)c1F. The Balaban J connectivity index is 2.10. The third kappa shape index (κ3) is 4.21. The van der Waals surface area contributed by atoms with E-state index in [4.69, 9.17) is 5.14 Å². The van der Waals surface area contributed by atoms with E-state index >= 15 is 0 Å². The number of rotatable bonds is 6. The van der Waals surface area contributed by atoms with Gasteiger partial charge in [-0.25, -0.2) is 22.3 Å². The zero-order valence-electron chi connectivity index (χ0n) is 11.2. The van der Waals surface area contributed by atoms with E-state index in [9.17, 15) is 22.0 Å². The molecule has 0 atom stereocenters. The van der Waals surface area contributed by atoms with Gasteiger partial charge in [0.1, 0.15) is 10.7 Å². The molecule has 8 heteroatoms. The molecule has 2 rings (SSSR count). The summed E-state index contributed by atoms with van der Waals surface area (Å²) in [7, 11) is -4.44. The van der Waals surface area contributed by atoms with Gasteiger partial charge in [-0.2, -0.15) is 0 Å². The van der Waals surface area contributed by atoms with E-state index in [1.165, 1.54) is 12.8 Å². The number of nitrogens with two attached hydrogens (primary N) is 1. The second kappa shape index (κ2) is 6.07. The lowest BCUT2D eigenvalue weighted by Gasteiger charge is -2.08. The standard InChI is InChI=1S/C13H16F2N2O3S/c14-9-6-10(12(15)11(7-9)21(16,19)20)13(18)17-5-1-2-8-3-4-8/h6-8H,1-5H2,(H,17,18)(H2,16,19,20). The number of benzene rings is 1. The summed E-state index contributed by atoms with van der Waals surface area (Å²) in [4.78, 5) is 10.8. The Bertz CT molecular complexity index is 658. The minimum atomic E-state index is -4.44. The molecule has 0 radical (unpaired) electrons. The highest BCUT2D eigenvalue weighted by Crippen LogP contribution is 2.33. The van der Waals surface area contributed by atoms with Crippen molar-refractivity contribution in [2.75, 3.05) is 6.54 Å². The maximum atomic E-state index is 14.0. The fourth-order valence-electron chi connectivity index (χ4n) is 2.03. The molecule has 0 saturated heterocycles. The van der Waals surface area contributed by atoms with Crippen LogP contribution in [0.15, 0.2) is 17.0 Å². The van der Waals surface area contributed by atoms with Crippen LogP contribution < -0.4 is 10.5 Å². The lowest BCUT2D eigenvalue weighted by Crippen LogP contribution is -2.27. The molecule has 21 heavy (non-hydrogen) atoms. The van der Waals surface area contributed by atoms with E-state index in [0.717, 1.165) is 12.8 Å². The number of sulfonamides is 1. The molecule has 0 heterocycles. The molecule has 0 aromatic heterocycles.